The molecule has 1 saturated carbocycles. The second kappa shape index (κ2) is 6.37. The predicted molar refractivity (Wildman–Crippen MR) is 73.8 cm³/mol. The van der Waals surface area contributed by atoms with Crippen LogP contribution < -0.4 is 4.72 Å². The van der Waals surface area contributed by atoms with E-state index in [2.05, 4.69) is 15.1 Å². The van der Waals surface area contributed by atoms with E-state index in [0.29, 0.717) is 0 Å². The van der Waals surface area contributed by atoms with Crippen LogP contribution in [0.3, 0.4) is 0 Å². The van der Waals surface area contributed by atoms with Gasteiger partial charge in [-0.3, -0.25) is 0 Å². The average molecular weight is 297 g/mol. The van der Waals surface area contributed by atoms with E-state index in [1.165, 1.54) is 12.3 Å². The van der Waals surface area contributed by atoms with Gasteiger partial charge in [0.25, 0.3) is 10.0 Å². The van der Waals surface area contributed by atoms with Crippen LogP contribution in [0.1, 0.15) is 25.7 Å². The summed E-state index contributed by atoms with van der Waals surface area (Å²) >= 11 is 1.15. The van der Waals surface area contributed by atoms with Gasteiger partial charge >= 0.3 is 0 Å². The summed E-state index contributed by atoms with van der Waals surface area (Å²) in [6, 6.07) is 4.60. The van der Waals surface area contributed by atoms with Crippen molar-refractivity contribution < 1.29 is 8.42 Å². The Morgan fingerprint density at radius 2 is 2.16 bits per heavy atom. The molecule has 0 spiro atoms. The summed E-state index contributed by atoms with van der Waals surface area (Å²) in [6.45, 7) is 0. The van der Waals surface area contributed by atoms with Crippen LogP contribution >= 0.6 is 11.8 Å². The fourth-order valence-corrected chi connectivity index (χ4v) is 4.34. The first-order chi connectivity index (χ1) is 9.13. The number of hydrogen-bond donors (Lipinski definition) is 1. The van der Waals surface area contributed by atoms with E-state index >= 15 is 0 Å². The van der Waals surface area contributed by atoms with Crippen molar-refractivity contribution in [1.29, 1.82) is 5.26 Å². The van der Waals surface area contributed by atoms with Crippen molar-refractivity contribution in [1.82, 2.24) is 9.71 Å². The zero-order valence-electron chi connectivity index (χ0n) is 10.3. The van der Waals surface area contributed by atoms with Crippen molar-refractivity contribution in [2.45, 2.75) is 42.0 Å². The van der Waals surface area contributed by atoms with E-state index in [9.17, 15) is 8.42 Å². The molecule has 2 atom stereocenters. The molecule has 1 aromatic rings. The number of sulfonamides is 1. The van der Waals surface area contributed by atoms with Crippen molar-refractivity contribution in [3.63, 3.8) is 0 Å². The van der Waals surface area contributed by atoms with Crippen molar-refractivity contribution in [2.24, 2.45) is 0 Å². The monoisotopic (exact) mass is 297 g/mol. The van der Waals surface area contributed by atoms with Gasteiger partial charge in [0, 0.05) is 17.5 Å². The van der Waals surface area contributed by atoms with Crippen molar-refractivity contribution in [3.05, 3.63) is 24.4 Å². The number of thiocyanates is 1. The molecule has 1 N–H and O–H groups in total. The highest BCUT2D eigenvalue weighted by atomic mass is 32.2. The molecular formula is C12H15N3O2S2. The van der Waals surface area contributed by atoms with Gasteiger partial charge in [0.15, 0.2) is 5.03 Å². The van der Waals surface area contributed by atoms with E-state index in [1.807, 2.05) is 0 Å². The quantitative estimate of drug-likeness (QED) is 0.858. The number of thioether (sulfide) groups is 1. The Morgan fingerprint density at radius 1 is 1.37 bits per heavy atom. The predicted octanol–water partition coefficient (Wildman–Crippen LogP) is 1.89. The maximum Gasteiger partial charge on any atom is 0.258 e. The molecule has 0 amide bonds. The summed E-state index contributed by atoms with van der Waals surface area (Å²) in [5.74, 6) is 0. The molecule has 0 aromatic carbocycles. The minimum Gasteiger partial charge on any atom is -0.243 e. The normalized spacial score (nSPS) is 23.7. The highest BCUT2D eigenvalue weighted by molar-refractivity contribution is 8.04. The van der Waals surface area contributed by atoms with Crippen molar-refractivity contribution >= 4 is 21.8 Å². The van der Waals surface area contributed by atoms with Gasteiger partial charge in [-0.25, -0.2) is 18.1 Å². The summed E-state index contributed by atoms with van der Waals surface area (Å²) < 4.78 is 27.1. The first-order valence-corrected chi connectivity index (χ1v) is 8.48. The SMILES string of the molecule is N#CS[C@H]1CCCCC1NS(=O)(=O)c1ccccn1. The summed E-state index contributed by atoms with van der Waals surface area (Å²) in [6.07, 6.45) is 5.12. The lowest BCUT2D eigenvalue weighted by atomic mass is 9.96. The highest BCUT2D eigenvalue weighted by Gasteiger charge is 2.30. The third-order valence-electron chi connectivity index (χ3n) is 3.13. The molecule has 7 heteroatoms. The van der Waals surface area contributed by atoms with Crippen LogP contribution in [-0.4, -0.2) is 24.7 Å². The lowest BCUT2D eigenvalue weighted by molar-refractivity contribution is 0.423. The van der Waals surface area contributed by atoms with E-state index in [-0.39, 0.29) is 16.3 Å². The zero-order valence-corrected chi connectivity index (χ0v) is 12.0. The second-order valence-electron chi connectivity index (χ2n) is 4.43. The van der Waals surface area contributed by atoms with Gasteiger partial charge in [-0.15, -0.1) is 0 Å². The molecule has 2 rings (SSSR count). The largest absolute Gasteiger partial charge is 0.258 e. The fraction of sp³-hybridized carbons (Fsp3) is 0.500. The van der Waals surface area contributed by atoms with Crippen LogP contribution in [0.2, 0.25) is 0 Å². The standard InChI is InChI=1S/C12H15N3O2S2/c13-9-18-11-6-2-1-5-10(11)15-19(16,17)12-7-3-4-8-14-12/h3-4,7-8,10-11,15H,1-2,5-6H2/t10?,11-/m0/s1. The van der Waals surface area contributed by atoms with Crippen LogP contribution in [-0.2, 0) is 10.0 Å². The number of hydrogen-bond acceptors (Lipinski definition) is 5. The molecule has 19 heavy (non-hydrogen) atoms. The minimum absolute atomic E-state index is 0.0252. The third kappa shape index (κ3) is 3.69. The van der Waals surface area contributed by atoms with Gasteiger partial charge in [-0.2, -0.15) is 5.26 Å². The minimum atomic E-state index is -3.59. The van der Waals surface area contributed by atoms with Crippen molar-refractivity contribution in [2.75, 3.05) is 0 Å². The maximum atomic E-state index is 12.2. The third-order valence-corrected chi connectivity index (χ3v) is 5.50. The zero-order chi connectivity index (χ0) is 13.7. The molecule has 1 heterocycles. The Hall–Kier alpha value is -1.10. The molecule has 1 aliphatic carbocycles. The molecule has 1 aliphatic rings. The summed E-state index contributed by atoms with van der Waals surface area (Å²) in [4.78, 5) is 3.86. The number of aromatic nitrogens is 1. The number of rotatable bonds is 4. The van der Waals surface area contributed by atoms with Gasteiger partial charge in [-0.05, 0) is 36.7 Å². The fourth-order valence-electron chi connectivity index (χ4n) is 2.21. The molecule has 0 radical (unpaired) electrons. The molecule has 5 nitrogen and oxygen atoms in total. The lowest BCUT2D eigenvalue weighted by Crippen LogP contribution is -2.43. The van der Waals surface area contributed by atoms with E-state index in [4.69, 9.17) is 5.26 Å². The first kappa shape index (κ1) is 14.3. The molecule has 102 valence electrons. The van der Waals surface area contributed by atoms with Crippen LogP contribution in [0, 0.1) is 10.7 Å². The van der Waals surface area contributed by atoms with E-state index in [1.54, 1.807) is 12.1 Å². The Morgan fingerprint density at radius 3 is 2.84 bits per heavy atom. The molecular weight excluding hydrogens is 282 g/mol. The van der Waals surface area contributed by atoms with E-state index in [0.717, 1.165) is 37.4 Å². The van der Waals surface area contributed by atoms with Crippen molar-refractivity contribution in [3.8, 4) is 5.40 Å². The van der Waals surface area contributed by atoms with Gasteiger partial charge in [0.1, 0.15) is 5.40 Å². The topological polar surface area (TPSA) is 82.9 Å². The molecule has 1 aromatic heterocycles. The number of nitriles is 1. The Labute approximate surface area is 117 Å². The first-order valence-electron chi connectivity index (χ1n) is 6.11. The average Bonchev–Trinajstić information content (AvgIpc) is 2.42. The van der Waals surface area contributed by atoms with Gasteiger partial charge in [-0.1, -0.05) is 18.9 Å². The van der Waals surface area contributed by atoms with Crippen LogP contribution in [0.15, 0.2) is 29.4 Å². The maximum absolute atomic E-state index is 12.2. The Bertz CT molecular complexity index is 554. The lowest BCUT2D eigenvalue weighted by Gasteiger charge is -2.29. The molecule has 1 fully saturated rings. The highest BCUT2D eigenvalue weighted by Crippen LogP contribution is 2.29. The van der Waals surface area contributed by atoms with Gasteiger partial charge in [0.2, 0.25) is 0 Å². The summed E-state index contributed by atoms with van der Waals surface area (Å²) in [5.41, 5.74) is 0. The molecule has 1 unspecified atom stereocenters. The van der Waals surface area contributed by atoms with Gasteiger partial charge < -0.3 is 0 Å². The second-order valence-corrected chi connectivity index (χ2v) is 7.11. The summed E-state index contributed by atoms with van der Waals surface area (Å²) in [5, 5.41) is 10.9. The summed E-state index contributed by atoms with van der Waals surface area (Å²) in [7, 11) is -3.59. The van der Waals surface area contributed by atoms with Crippen LogP contribution in [0.25, 0.3) is 0 Å². The number of pyridine rings is 1. The molecule has 0 bridgehead atoms. The number of nitrogens with one attached hydrogen (secondary N) is 1. The Balaban J connectivity index is 2.13. The van der Waals surface area contributed by atoms with E-state index < -0.39 is 10.0 Å². The smallest absolute Gasteiger partial charge is 0.243 e. The van der Waals surface area contributed by atoms with Crippen LogP contribution in [0.4, 0.5) is 0 Å². The Kier molecular flexibility index (Phi) is 4.80. The molecule has 0 aliphatic heterocycles. The van der Waals surface area contributed by atoms with Gasteiger partial charge in [0.05, 0.1) is 0 Å². The molecule has 0 saturated heterocycles. The van der Waals surface area contributed by atoms with Crippen LogP contribution in [0.5, 0.6) is 0 Å². The number of nitrogens with zero attached hydrogens (tertiary/aromatic N) is 2.